The van der Waals surface area contributed by atoms with Gasteiger partial charge in [0.1, 0.15) is 17.4 Å². The molecule has 0 aliphatic carbocycles. The number of para-hydroxylation sites is 2. The molecular weight excluding hydrogens is 364 g/mol. The van der Waals surface area contributed by atoms with Gasteiger partial charge >= 0.3 is 0 Å². The second-order valence-electron chi connectivity index (χ2n) is 7.32. The second-order valence-corrected chi connectivity index (χ2v) is 7.32. The molecule has 3 aromatic rings. The van der Waals surface area contributed by atoms with Gasteiger partial charge in [0.25, 0.3) is 0 Å². The van der Waals surface area contributed by atoms with Crippen LogP contribution in [-0.4, -0.2) is 45.4 Å². The normalized spacial score (nSPS) is 16.4. The predicted molar refractivity (Wildman–Crippen MR) is 111 cm³/mol. The first-order chi connectivity index (χ1) is 14.2. The van der Waals surface area contributed by atoms with Gasteiger partial charge in [0.05, 0.1) is 17.6 Å². The number of hydrogen-bond donors (Lipinski definition) is 2. The number of fused-ring (bicyclic) bond motifs is 1. The summed E-state index contributed by atoms with van der Waals surface area (Å²) in [5.74, 6) is 0.565. The number of carbonyl (C=O) groups is 1. The lowest BCUT2D eigenvalue weighted by atomic mass is 9.89. The van der Waals surface area contributed by atoms with E-state index in [1.165, 1.54) is 0 Å². The Morgan fingerprint density at radius 2 is 1.83 bits per heavy atom. The van der Waals surface area contributed by atoms with Crippen LogP contribution in [0.25, 0.3) is 16.6 Å². The topological polar surface area (TPSA) is 93.0 Å². The third-order valence-electron chi connectivity index (χ3n) is 5.42. The van der Waals surface area contributed by atoms with Crippen LogP contribution in [0.2, 0.25) is 0 Å². The van der Waals surface area contributed by atoms with E-state index in [0.717, 1.165) is 29.4 Å². The standard InChI is InChI=1S/C23H22N4O2/c24-14-18(23-25-19-8-4-5-9-20(19)26-23)21(28)15-27-12-10-17(11-13-27)22(29)16-6-2-1-3-7-16/h1-9,17,28H,10-13,15H2,(H,25,26)/b21-18-. The number of imidazole rings is 1. The highest BCUT2D eigenvalue weighted by Crippen LogP contribution is 2.24. The Hall–Kier alpha value is -3.43. The largest absolute Gasteiger partial charge is 0.509 e. The van der Waals surface area contributed by atoms with E-state index in [1.807, 2.05) is 54.6 Å². The Morgan fingerprint density at radius 1 is 1.14 bits per heavy atom. The molecule has 1 saturated heterocycles. The van der Waals surface area contributed by atoms with E-state index in [2.05, 4.69) is 20.9 Å². The fourth-order valence-corrected chi connectivity index (χ4v) is 3.81. The van der Waals surface area contributed by atoms with E-state index in [-0.39, 0.29) is 29.6 Å². The number of nitriles is 1. The van der Waals surface area contributed by atoms with Crippen LogP contribution in [0.15, 0.2) is 60.4 Å². The molecule has 2 heterocycles. The lowest BCUT2D eigenvalue weighted by Gasteiger charge is -2.31. The zero-order valence-corrected chi connectivity index (χ0v) is 16.0. The monoisotopic (exact) mass is 386 g/mol. The zero-order chi connectivity index (χ0) is 20.2. The van der Waals surface area contributed by atoms with Crippen LogP contribution in [0.3, 0.4) is 0 Å². The highest BCUT2D eigenvalue weighted by Gasteiger charge is 2.26. The molecule has 4 rings (SSSR count). The van der Waals surface area contributed by atoms with Crippen molar-refractivity contribution < 1.29 is 9.90 Å². The molecule has 2 N–H and O–H groups in total. The Bertz CT molecular complexity index is 1050. The third kappa shape index (κ3) is 4.05. The summed E-state index contributed by atoms with van der Waals surface area (Å²) in [6.07, 6.45) is 1.49. The lowest BCUT2D eigenvalue weighted by molar-refractivity contribution is 0.0840. The highest BCUT2D eigenvalue weighted by molar-refractivity contribution is 5.97. The van der Waals surface area contributed by atoms with Gasteiger partial charge < -0.3 is 10.1 Å². The van der Waals surface area contributed by atoms with Crippen molar-refractivity contribution in [3.05, 3.63) is 71.7 Å². The smallest absolute Gasteiger partial charge is 0.166 e. The number of nitrogens with zero attached hydrogens (tertiary/aromatic N) is 3. The third-order valence-corrected chi connectivity index (χ3v) is 5.42. The summed E-state index contributed by atoms with van der Waals surface area (Å²) in [6, 6.07) is 19.0. The van der Waals surface area contributed by atoms with E-state index < -0.39 is 0 Å². The summed E-state index contributed by atoms with van der Waals surface area (Å²) in [5, 5.41) is 20.1. The summed E-state index contributed by atoms with van der Waals surface area (Å²) >= 11 is 0. The Labute approximate surface area is 169 Å². The van der Waals surface area contributed by atoms with Gasteiger partial charge in [-0.15, -0.1) is 0 Å². The van der Waals surface area contributed by atoms with Gasteiger partial charge in [0.2, 0.25) is 0 Å². The molecule has 1 aliphatic heterocycles. The Balaban J connectivity index is 1.42. The molecule has 1 fully saturated rings. The Kier molecular flexibility index (Phi) is 5.41. The molecule has 6 heteroatoms. The van der Waals surface area contributed by atoms with Gasteiger partial charge in [-0.1, -0.05) is 42.5 Å². The highest BCUT2D eigenvalue weighted by atomic mass is 16.3. The molecule has 29 heavy (non-hydrogen) atoms. The maximum Gasteiger partial charge on any atom is 0.166 e. The van der Waals surface area contributed by atoms with Crippen LogP contribution >= 0.6 is 0 Å². The number of H-pyrrole nitrogens is 1. The van der Waals surface area contributed by atoms with Crippen molar-refractivity contribution in [3.8, 4) is 6.07 Å². The van der Waals surface area contributed by atoms with Gasteiger partial charge in [-0.05, 0) is 38.1 Å². The molecule has 0 atom stereocenters. The van der Waals surface area contributed by atoms with Crippen molar-refractivity contribution in [3.63, 3.8) is 0 Å². The number of rotatable bonds is 5. The van der Waals surface area contributed by atoms with Gasteiger partial charge in [0, 0.05) is 11.5 Å². The second kappa shape index (κ2) is 8.29. The summed E-state index contributed by atoms with van der Waals surface area (Å²) in [6.45, 7) is 1.67. The average molecular weight is 386 g/mol. The molecule has 0 unspecified atom stereocenters. The molecule has 0 radical (unpaired) electrons. The molecule has 0 saturated carbocycles. The fourth-order valence-electron chi connectivity index (χ4n) is 3.81. The number of piperidine rings is 1. The maximum absolute atomic E-state index is 12.6. The molecule has 6 nitrogen and oxygen atoms in total. The molecule has 0 bridgehead atoms. The van der Waals surface area contributed by atoms with E-state index in [4.69, 9.17) is 0 Å². The average Bonchev–Trinajstić information content (AvgIpc) is 3.18. The molecule has 2 aromatic carbocycles. The molecular formula is C23H22N4O2. The quantitative estimate of drug-likeness (QED) is 0.393. The van der Waals surface area contributed by atoms with Crippen molar-refractivity contribution in [2.24, 2.45) is 5.92 Å². The number of benzene rings is 2. The minimum Gasteiger partial charge on any atom is -0.509 e. The first kappa shape index (κ1) is 18.9. The van der Waals surface area contributed by atoms with Crippen LogP contribution < -0.4 is 0 Å². The number of nitrogens with one attached hydrogen (secondary N) is 1. The lowest BCUT2D eigenvalue weighted by Crippen LogP contribution is -2.37. The predicted octanol–water partition coefficient (Wildman–Crippen LogP) is 3.95. The number of aromatic amines is 1. The van der Waals surface area contributed by atoms with Crippen molar-refractivity contribution in [2.75, 3.05) is 19.6 Å². The first-order valence-electron chi connectivity index (χ1n) is 9.74. The first-order valence-corrected chi connectivity index (χ1v) is 9.74. The number of allylic oxidation sites excluding steroid dienone is 1. The number of aromatic nitrogens is 2. The number of aliphatic hydroxyl groups excluding tert-OH is 1. The van der Waals surface area contributed by atoms with Crippen LogP contribution in [0.1, 0.15) is 29.0 Å². The van der Waals surface area contributed by atoms with Crippen LogP contribution in [0, 0.1) is 17.2 Å². The number of Topliss-reactive ketones (excluding diaryl/α,β-unsaturated/α-hetero) is 1. The number of carbonyl (C=O) groups excluding carboxylic acids is 1. The fraction of sp³-hybridized carbons (Fsp3) is 0.261. The molecule has 0 spiro atoms. The summed E-state index contributed by atoms with van der Waals surface area (Å²) in [7, 11) is 0. The number of aliphatic hydroxyl groups is 1. The van der Waals surface area contributed by atoms with Crippen LogP contribution in [-0.2, 0) is 0 Å². The van der Waals surface area contributed by atoms with Crippen molar-refractivity contribution >= 4 is 22.4 Å². The summed E-state index contributed by atoms with van der Waals surface area (Å²) in [5.41, 5.74) is 2.49. The molecule has 1 aromatic heterocycles. The summed E-state index contributed by atoms with van der Waals surface area (Å²) in [4.78, 5) is 22.2. The van der Waals surface area contributed by atoms with Crippen molar-refractivity contribution in [2.45, 2.75) is 12.8 Å². The van der Waals surface area contributed by atoms with Crippen molar-refractivity contribution in [1.82, 2.24) is 14.9 Å². The van der Waals surface area contributed by atoms with Gasteiger partial charge in [-0.25, -0.2) is 4.98 Å². The minimum absolute atomic E-state index is 0.000563. The minimum atomic E-state index is -0.000563. The van der Waals surface area contributed by atoms with Gasteiger partial charge in [0.15, 0.2) is 11.6 Å². The number of likely N-dealkylation sites (tertiary alicyclic amines) is 1. The van der Waals surface area contributed by atoms with Crippen LogP contribution in [0.5, 0.6) is 0 Å². The van der Waals surface area contributed by atoms with E-state index in [9.17, 15) is 15.2 Å². The Morgan fingerprint density at radius 3 is 2.52 bits per heavy atom. The van der Waals surface area contributed by atoms with Gasteiger partial charge in [-0.3, -0.25) is 9.69 Å². The van der Waals surface area contributed by atoms with E-state index >= 15 is 0 Å². The molecule has 1 aliphatic rings. The molecule has 146 valence electrons. The number of hydrogen-bond acceptors (Lipinski definition) is 5. The molecule has 0 amide bonds. The maximum atomic E-state index is 12.6. The summed E-state index contributed by atoms with van der Waals surface area (Å²) < 4.78 is 0. The van der Waals surface area contributed by atoms with Crippen LogP contribution in [0.4, 0.5) is 0 Å². The van der Waals surface area contributed by atoms with E-state index in [1.54, 1.807) is 0 Å². The van der Waals surface area contributed by atoms with Gasteiger partial charge in [-0.2, -0.15) is 5.26 Å². The van der Waals surface area contributed by atoms with Crippen molar-refractivity contribution in [1.29, 1.82) is 5.26 Å². The number of ketones is 1. The zero-order valence-electron chi connectivity index (χ0n) is 16.0. The SMILES string of the molecule is N#C/C(=C(/O)CN1CCC(C(=O)c2ccccc2)CC1)c1nc2ccccc2[nH]1. The van der Waals surface area contributed by atoms with E-state index in [0.29, 0.717) is 18.9 Å².